The molecule has 1 saturated heterocycles. The predicted octanol–water partition coefficient (Wildman–Crippen LogP) is 2.41. The third-order valence-corrected chi connectivity index (χ3v) is 4.90. The highest BCUT2D eigenvalue weighted by Crippen LogP contribution is 2.57. The van der Waals surface area contributed by atoms with Gasteiger partial charge in [0, 0.05) is 25.4 Å². The Labute approximate surface area is 119 Å². The molecule has 0 N–H and O–H groups in total. The fraction of sp³-hybridized carbons (Fsp3) is 0.867. The van der Waals surface area contributed by atoms with Gasteiger partial charge in [-0.05, 0) is 45.4 Å². The summed E-state index contributed by atoms with van der Waals surface area (Å²) in [5, 5.41) is 4.31. The molecule has 0 bridgehead atoms. The molecule has 0 aromatic carbocycles. The summed E-state index contributed by atoms with van der Waals surface area (Å²) < 4.78 is 5.43. The van der Waals surface area contributed by atoms with Crippen molar-refractivity contribution in [2.75, 3.05) is 13.1 Å². The van der Waals surface area contributed by atoms with Crippen molar-refractivity contribution in [1.29, 1.82) is 0 Å². The molecule has 110 valence electrons. The monoisotopic (exact) mass is 278 g/mol. The SMILES string of the molecule is CC(C)(C)OC(=O)N1C[C@@H]2C(C3=NOC4(CC4)C3)[C@@H]2C1. The van der Waals surface area contributed by atoms with Crippen LogP contribution in [0.15, 0.2) is 5.16 Å². The zero-order valence-electron chi connectivity index (χ0n) is 12.4. The lowest BCUT2D eigenvalue weighted by atomic mass is 10.1. The molecule has 0 aromatic heterocycles. The zero-order chi connectivity index (χ0) is 14.1. The first kappa shape index (κ1) is 12.5. The lowest BCUT2D eigenvalue weighted by Gasteiger charge is -2.25. The molecule has 3 fully saturated rings. The zero-order valence-corrected chi connectivity index (χ0v) is 12.4. The highest BCUT2D eigenvalue weighted by Gasteiger charge is 2.63. The first-order chi connectivity index (χ1) is 9.37. The van der Waals surface area contributed by atoms with Gasteiger partial charge in [0.25, 0.3) is 0 Å². The molecule has 4 rings (SSSR count). The predicted molar refractivity (Wildman–Crippen MR) is 73.4 cm³/mol. The van der Waals surface area contributed by atoms with Crippen LogP contribution in [0.3, 0.4) is 0 Å². The lowest BCUT2D eigenvalue weighted by Crippen LogP contribution is -2.37. The summed E-state index contributed by atoms with van der Waals surface area (Å²) in [5.74, 6) is 1.73. The number of likely N-dealkylation sites (tertiary alicyclic amines) is 1. The number of piperidine rings is 1. The molecule has 2 saturated carbocycles. The molecule has 5 nitrogen and oxygen atoms in total. The van der Waals surface area contributed by atoms with Crippen molar-refractivity contribution < 1.29 is 14.4 Å². The van der Waals surface area contributed by atoms with Crippen LogP contribution >= 0.6 is 0 Å². The fourth-order valence-electron chi connectivity index (χ4n) is 3.63. The minimum Gasteiger partial charge on any atom is -0.444 e. The molecule has 1 spiro atoms. The van der Waals surface area contributed by atoms with Crippen LogP contribution in [0.4, 0.5) is 4.79 Å². The van der Waals surface area contributed by atoms with Crippen molar-refractivity contribution >= 4 is 11.8 Å². The van der Waals surface area contributed by atoms with E-state index in [0.717, 1.165) is 32.4 Å². The summed E-state index contributed by atoms with van der Waals surface area (Å²) >= 11 is 0. The Kier molecular flexibility index (Phi) is 2.30. The number of nitrogens with zero attached hydrogens (tertiary/aromatic N) is 2. The van der Waals surface area contributed by atoms with Gasteiger partial charge in [-0.1, -0.05) is 5.16 Å². The molecule has 20 heavy (non-hydrogen) atoms. The Morgan fingerprint density at radius 1 is 1.35 bits per heavy atom. The normalized spacial score (nSPS) is 36.5. The third kappa shape index (κ3) is 1.98. The number of rotatable bonds is 1. The minimum atomic E-state index is -0.412. The summed E-state index contributed by atoms with van der Waals surface area (Å²) in [6.07, 6.45) is 3.17. The second kappa shape index (κ2) is 3.68. The maximum atomic E-state index is 12.0. The topological polar surface area (TPSA) is 51.1 Å². The Morgan fingerprint density at radius 2 is 2.00 bits per heavy atom. The van der Waals surface area contributed by atoms with Gasteiger partial charge >= 0.3 is 6.09 Å². The molecular weight excluding hydrogens is 256 g/mol. The van der Waals surface area contributed by atoms with E-state index in [1.54, 1.807) is 0 Å². The third-order valence-electron chi connectivity index (χ3n) is 4.90. The molecule has 2 aliphatic heterocycles. The molecule has 0 radical (unpaired) electrons. The van der Waals surface area contributed by atoms with Crippen LogP contribution in [0.25, 0.3) is 0 Å². The minimum absolute atomic E-state index is 0.0943. The Hall–Kier alpha value is -1.26. The number of carbonyl (C=O) groups excluding carboxylic acids is 1. The largest absolute Gasteiger partial charge is 0.444 e. The number of hydrogen-bond acceptors (Lipinski definition) is 4. The first-order valence-corrected chi connectivity index (χ1v) is 7.60. The smallest absolute Gasteiger partial charge is 0.410 e. The van der Waals surface area contributed by atoms with Crippen LogP contribution in [0, 0.1) is 17.8 Å². The molecule has 1 amide bonds. The molecule has 2 heterocycles. The van der Waals surface area contributed by atoms with Crippen molar-refractivity contribution in [3.63, 3.8) is 0 Å². The Morgan fingerprint density at radius 3 is 2.50 bits per heavy atom. The van der Waals surface area contributed by atoms with Gasteiger partial charge < -0.3 is 14.5 Å². The maximum absolute atomic E-state index is 12.0. The number of amides is 1. The van der Waals surface area contributed by atoms with Gasteiger partial charge in [-0.2, -0.15) is 0 Å². The number of ether oxygens (including phenoxy) is 1. The van der Waals surface area contributed by atoms with E-state index in [0.29, 0.717) is 17.8 Å². The standard InChI is InChI=1S/C15H22N2O3/c1-14(2,3)19-13(18)17-7-9-10(8-17)12(9)11-6-15(4-5-15)20-16-11/h9-10,12H,4-8H2,1-3H3/t9-,10+,12?. The number of hydrogen-bond donors (Lipinski definition) is 0. The average Bonchev–Trinajstić information content (AvgIpc) is 3.11. The van der Waals surface area contributed by atoms with E-state index in [9.17, 15) is 4.79 Å². The average molecular weight is 278 g/mol. The van der Waals surface area contributed by atoms with E-state index in [-0.39, 0.29) is 11.7 Å². The highest BCUT2D eigenvalue weighted by molar-refractivity contribution is 5.92. The van der Waals surface area contributed by atoms with Gasteiger partial charge in [-0.25, -0.2) is 4.79 Å². The number of fused-ring (bicyclic) bond motifs is 1. The van der Waals surface area contributed by atoms with Gasteiger partial charge in [0.2, 0.25) is 0 Å². The molecule has 1 unspecified atom stereocenters. The second-order valence-corrected chi connectivity index (χ2v) is 7.77. The van der Waals surface area contributed by atoms with E-state index < -0.39 is 5.60 Å². The lowest BCUT2D eigenvalue weighted by molar-refractivity contribution is 0.0270. The quantitative estimate of drug-likeness (QED) is 0.740. The van der Waals surface area contributed by atoms with Crippen LogP contribution in [-0.4, -0.2) is 41.0 Å². The van der Waals surface area contributed by atoms with Crippen LogP contribution in [0.5, 0.6) is 0 Å². The van der Waals surface area contributed by atoms with Crippen molar-refractivity contribution in [2.24, 2.45) is 22.9 Å². The number of carbonyl (C=O) groups is 1. The summed E-state index contributed by atoms with van der Waals surface area (Å²) in [6.45, 7) is 7.35. The molecule has 0 aromatic rings. The van der Waals surface area contributed by atoms with E-state index in [1.165, 1.54) is 5.71 Å². The van der Waals surface area contributed by atoms with E-state index in [4.69, 9.17) is 9.57 Å². The number of oxime groups is 1. The van der Waals surface area contributed by atoms with E-state index >= 15 is 0 Å². The van der Waals surface area contributed by atoms with E-state index in [1.807, 2.05) is 25.7 Å². The summed E-state index contributed by atoms with van der Waals surface area (Å²) in [4.78, 5) is 19.4. The van der Waals surface area contributed by atoms with Crippen molar-refractivity contribution in [2.45, 2.75) is 51.2 Å². The second-order valence-electron chi connectivity index (χ2n) is 7.77. The van der Waals surface area contributed by atoms with Crippen molar-refractivity contribution in [1.82, 2.24) is 4.90 Å². The summed E-state index contributed by atoms with van der Waals surface area (Å²) in [7, 11) is 0. The fourth-order valence-corrected chi connectivity index (χ4v) is 3.63. The van der Waals surface area contributed by atoms with Crippen molar-refractivity contribution in [3.05, 3.63) is 0 Å². The molecule has 3 atom stereocenters. The van der Waals surface area contributed by atoms with Gasteiger partial charge in [0.1, 0.15) is 11.2 Å². The summed E-state index contributed by atoms with van der Waals surface area (Å²) in [5.41, 5.74) is 0.934. The van der Waals surface area contributed by atoms with Crippen LogP contribution in [0.2, 0.25) is 0 Å². The Bertz CT molecular complexity index is 478. The van der Waals surface area contributed by atoms with Crippen LogP contribution < -0.4 is 0 Å². The van der Waals surface area contributed by atoms with Gasteiger partial charge in [-0.15, -0.1) is 0 Å². The van der Waals surface area contributed by atoms with Crippen LogP contribution in [-0.2, 0) is 9.57 Å². The van der Waals surface area contributed by atoms with Gasteiger partial charge in [-0.3, -0.25) is 0 Å². The molecule has 2 aliphatic carbocycles. The first-order valence-electron chi connectivity index (χ1n) is 7.60. The van der Waals surface area contributed by atoms with Crippen LogP contribution in [0.1, 0.15) is 40.0 Å². The molecule has 5 heteroatoms. The van der Waals surface area contributed by atoms with Gasteiger partial charge in [0.05, 0.1) is 5.71 Å². The molecular formula is C15H22N2O3. The summed E-state index contributed by atoms with van der Waals surface area (Å²) in [6, 6.07) is 0. The van der Waals surface area contributed by atoms with E-state index in [2.05, 4.69) is 5.16 Å². The highest BCUT2D eigenvalue weighted by atomic mass is 16.7. The van der Waals surface area contributed by atoms with Crippen molar-refractivity contribution in [3.8, 4) is 0 Å². The maximum Gasteiger partial charge on any atom is 0.410 e. The molecule has 4 aliphatic rings. The van der Waals surface area contributed by atoms with Gasteiger partial charge in [0.15, 0.2) is 0 Å². The Balaban J connectivity index is 1.32.